The van der Waals surface area contributed by atoms with Gasteiger partial charge in [-0.25, -0.2) is 14.4 Å². The third-order valence-electron chi connectivity index (χ3n) is 2.35. The van der Waals surface area contributed by atoms with Gasteiger partial charge in [0.2, 0.25) is 0 Å². The van der Waals surface area contributed by atoms with Crippen LogP contribution in [0.15, 0.2) is 11.8 Å². The van der Waals surface area contributed by atoms with Crippen LogP contribution in [0.3, 0.4) is 0 Å². The summed E-state index contributed by atoms with van der Waals surface area (Å²) in [5.41, 5.74) is -0.183. The maximum Gasteiger partial charge on any atom is 0.355 e. The third-order valence-corrected chi connectivity index (χ3v) is 2.35. The van der Waals surface area contributed by atoms with E-state index in [9.17, 15) is 14.4 Å². The quantitative estimate of drug-likeness (QED) is 0.498. The molecule has 1 aliphatic rings. The zero-order valence-electron chi connectivity index (χ0n) is 11.4. The number of carbonyl (C=O) groups is 3. The van der Waals surface area contributed by atoms with E-state index in [1.165, 1.54) is 6.92 Å². The number of carbonyl (C=O) groups excluding carboxylic acids is 3. The highest BCUT2D eigenvalue weighted by atomic mass is 16.5. The molecule has 1 fully saturated rings. The summed E-state index contributed by atoms with van der Waals surface area (Å²) in [6.45, 7) is 3.62. The van der Waals surface area contributed by atoms with Crippen LogP contribution in [-0.2, 0) is 19.1 Å². The lowest BCUT2D eigenvalue weighted by atomic mass is 10.3. The number of rotatable bonds is 6. The van der Waals surface area contributed by atoms with Crippen LogP contribution in [0.2, 0.25) is 0 Å². The summed E-state index contributed by atoms with van der Waals surface area (Å²) < 4.78 is 9.53. The summed E-state index contributed by atoms with van der Waals surface area (Å²) in [4.78, 5) is 36.0. The van der Waals surface area contributed by atoms with Gasteiger partial charge in [-0.1, -0.05) is 0 Å². The lowest BCUT2D eigenvalue weighted by Gasteiger charge is -2.16. The van der Waals surface area contributed by atoms with Crippen molar-refractivity contribution < 1.29 is 29.0 Å². The molecule has 1 atom stereocenters. The number of aliphatic hydroxyl groups is 1. The third kappa shape index (κ3) is 4.54. The highest BCUT2D eigenvalue weighted by Crippen LogP contribution is 2.11. The second-order valence-electron chi connectivity index (χ2n) is 4.11. The molecule has 20 heavy (non-hydrogen) atoms. The summed E-state index contributed by atoms with van der Waals surface area (Å²) in [6, 6.07) is -0.479. The van der Waals surface area contributed by atoms with Gasteiger partial charge >= 0.3 is 18.0 Å². The molecule has 8 nitrogen and oxygen atoms in total. The normalized spacial score (nSPS) is 16.6. The second-order valence-corrected chi connectivity index (χ2v) is 4.11. The molecule has 112 valence electrons. The molecule has 1 saturated heterocycles. The summed E-state index contributed by atoms with van der Waals surface area (Å²) >= 11 is 0. The molecule has 0 spiro atoms. The molecule has 0 aromatic rings. The van der Waals surface area contributed by atoms with Crippen LogP contribution in [0.25, 0.3) is 0 Å². The fourth-order valence-electron chi connectivity index (χ4n) is 1.51. The topological polar surface area (TPSA) is 105 Å². The van der Waals surface area contributed by atoms with Crippen LogP contribution >= 0.6 is 0 Å². The SMILES string of the molecule is CCOC(=O)/C(=C/C(=O)OCC(C)O)N1CCNC1=O. The van der Waals surface area contributed by atoms with E-state index in [2.05, 4.69) is 5.32 Å². The second kappa shape index (κ2) is 7.49. The van der Waals surface area contributed by atoms with E-state index < -0.39 is 24.1 Å². The van der Waals surface area contributed by atoms with E-state index in [0.717, 1.165) is 11.0 Å². The van der Waals surface area contributed by atoms with E-state index in [-0.39, 0.29) is 25.5 Å². The number of esters is 2. The first-order valence-electron chi connectivity index (χ1n) is 6.24. The maximum atomic E-state index is 11.8. The molecule has 1 aliphatic heterocycles. The number of nitrogens with one attached hydrogen (secondary N) is 1. The molecule has 0 aromatic carbocycles. The number of hydrogen-bond acceptors (Lipinski definition) is 6. The van der Waals surface area contributed by atoms with Gasteiger partial charge in [0.25, 0.3) is 0 Å². The van der Waals surface area contributed by atoms with Gasteiger partial charge in [-0.15, -0.1) is 0 Å². The van der Waals surface area contributed by atoms with Crippen molar-refractivity contribution in [1.82, 2.24) is 10.2 Å². The molecular weight excluding hydrogens is 268 g/mol. The molecule has 0 aromatic heterocycles. The molecule has 2 amide bonds. The van der Waals surface area contributed by atoms with Crippen molar-refractivity contribution in [1.29, 1.82) is 0 Å². The minimum atomic E-state index is -0.825. The number of nitrogens with zero attached hydrogens (tertiary/aromatic N) is 1. The van der Waals surface area contributed by atoms with Gasteiger partial charge in [-0.3, -0.25) is 4.90 Å². The first-order chi connectivity index (χ1) is 9.45. The van der Waals surface area contributed by atoms with Gasteiger partial charge in [-0.05, 0) is 13.8 Å². The Morgan fingerprint density at radius 2 is 2.20 bits per heavy atom. The standard InChI is InChI=1S/C12H18N2O6/c1-3-19-11(17)9(14-5-4-13-12(14)18)6-10(16)20-7-8(2)15/h6,8,15H,3-5,7H2,1-2H3,(H,13,18)/b9-6-. The minimum absolute atomic E-state index is 0.119. The Morgan fingerprint density at radius 1 is 1.50 bits per heavy atom. The van der Waals surface area contributed by atoms with Crippen molar-refractivity contribution in [3.05, 3.63) is 11.8 Å². The number of ether oxygens (including phenoxy) is 2. The van der Waals surface area contributed by atoms with E-state index in [1.807, 2.05) is 0 Å². The van der Waals surface area contributed by atoms with Crippen LogP contribution in [0.1, 0.15) is 13.8 Å². The lowest BCUT2D eigenvalue weighted by Crippen LogP contribution is -2.33. The van der Waals surface area contributed by atoms with E-state index in [1.54, 1.807) is 6.92 Å². The van der Waals surface area contributed by atoms with Crippen molar-refractivity contribution in [2.45, 2.75) is 20.0 Å². The van der Waals surface area contributed by atoms with E-state index in [4.69, 9.17) is 14.6 Å². The molecule has 0 saturated carbocycles. The molecule has 1 heterocycles. The van der Waals surface area contributed by atoms with Crippen LogP contribution < -0.4 is 5.32 Å². The van der Waals surface area contributed by atoms with Crippen LogP contribution in [-0.4, -0.2) is 60.4 Å². The van der Waals surface area contributed by atoms with Gasteiger partial charge in [0.1, 0.15) is 12.3 Å². The Kier molecular flexibility index (Phi) is 5.98. The Hall–Kier alpha value is -2.09. The monoisotopic (exact) mass is 286 g/mol. The molecule has 1 unspecified atom stereocenters. The van der Waals surface area contributed by atoms with Gasteiger partial charge in [0, 0.05) is 13.1 Å². The summed E-state index contributed by atoms with van der Waals surface area (Å²) in [5, 5.41) is 11.5. The molecule has 8 heteroatoms. The highest BCUT2D eigenvalue weighted by Gasteiger charge is 2.29. The minimum Gasteiger partial charge on any atom is -0.461 e. The van der Waals surface area contributed by atoms with Crippen LogP contribution in [0, 0.1) is 0 Å². The number of hydrogen-bond donors (Lipinski definition) is 2. The predicted molar refractivity (Wildman–Crippen MR) is 67.5 cm³/mol. The van der Waals surface area contributed by atoms with E-state index >= 15 is 0 Å². The molecule has 0 bridgehead atoms. The number of aliphatic hydroxyl groups excluding tert-OH is 1. The number of amides is 2. The zero-order valence-corrected chi connectivity index (χ0v) is 11.4. The summed E-state index contributed by atoms with van der Waals surface area (Å²) in [7, 11) is 0. The smallest absolute Gasteiger partial charge is 0.355 e. The summed E-state index contributed by atoms with van der Waals surface area (Å²) in [6.07, 6.45) is 0.0825. The van der Waals surface area contributed by atoms with Gasteiger partial charge in [0.05, 0.1) is 18.8 Å². The molecule has 0 aliphatic carbocycles. The van der Waals surface area contributed by atoms with Crippen molar-refractivity contribution in [2.24, 2.45) is 0 Å². The fourth-order valence-corrected chi connectivity index (χ4v) is 1.51. The molecule has 0 radical (unpaired) electrons. The van der Waals surface area contributed by atoms with Gasteiger partial charge in [0.15, 0.2) is 0 Å². The Labute approximate surface area is 116 Å². The Balaban J connectivity index is 2.83. The van der Waals surface area contributed by atoms with Crippen molar-refractivity contribution in [3.8, 4) is 0 Å². The number of urea groups is 1. The first-order valence-corrected chi connectivity index (χ1v) is 6.24. The van der Waals surface area contributed by atoms with Crippen molar-refractivity contribution >= 4 is 18.0 Å². The van der Waals surface area contributed by atoms with Crippen LogP contribution in [0.4, 0.5) is 4.79 Å². The van der Waals surface area contributed by atoms with Crippen LogP contribution in [0.5, 0.6) is 0 Å². The fraction of sp³-hybridized carbons (Fsp3) is 0.583. The average Bonchev–Trinajstić information content (AvgIpc) is 2.80. The largest absolute Gasteiger partial charge is 0.461 e. The lowest BCUT2D eigenvalue weighted by molar-refractivity contribution is -0.143. The van der Waals surface area contributed by atoms with Gasteiger partial charge in [-0.2, -0.15) is 0 Å². The van der Waals surface area contributed by atoms with Gasteiger partial charge < -0.3 is 19.9 Å². The predicted octanol–water partition coefficient (Wildman–Crippen LogP) is -0.617. The van der Waals surface area contributed by atoms with Crippen molar-refractivity contribution in [3.63, 3.8) is 0 Å². The maximum absolute atomic E-state index is 11.8. The Bertz CT molecular complexity index is 418. The van der Waals surface area contributed by atoms with E-state index in [0.29, 0.717) is 6.54 Å². The highest BCUT2D eigenvalue weighted by molar-refractivity contribution is 5.99. The molecular formula is C12H18N2O6. The van der Waals surface area contributed by atoms with Crippen molar-refractivity contribution in [2.75, 3.05) is 26.3 Å². The summed E-state index contributed by atoms with van der Waals surface area (Å²) in [5.74, 6) is -1.60. The Morgan fingerprint density at radius 3 is 2.70 bits per heavy atom. The molecule has 2 N–H and O–H groups in total. The molecule has 1 rings (SSSR count). The first kappa shape index (κ1) is 16.0. The average molecular weight is 286 g/mol. The zero-order chi connectivity index (χ0) is 15.1.